The smallest absolute Gasteiger partial charge is 0.407 e. The molecule has 61 heavy (non-hydrogen) atoms. The van der Waals surface area contributed by atoms with Crippen LogP contribution in [0.1, 0.15) is 73.4 Å². The van der Waals surface area contributed by atoms with Crippen LogP contribution in [-0.2, 0) is 15.1 Å². The van der Waals surface area contributed by atoms with E-state index in [-0.39, 0.29) is 30.8 Å². The molecule has 1 aliphatic rings. The molecular weight excluding hydrogens is 807 g/mol. The highest BCUT2D eigenvalue weighted by atomic mass is 19.2. The lowest BCUT2D eigenvalue weighted by Gasteiger charge is -2.36. The van der Waals surface area contributed by atoms with Gasteiger partial charge in [-0.3, -0.25) is 14.5 Å². The fraction of sp³-hybridized carbons (Fsp3) is 0.244. The Morgan fingerprint density at radius 2 is 1.15 bits per heavy atom. The highest BCUT2D eigenvalue weighted by molar-refractivity contribution is 6.22. The van der Waals surface area contributed by atoms with Crippen molar-refractivity contribution in [2.75, 3.05) is 40.5 Å². The molecule has 0 fully saturated rings. The van der Waals surface area contributed by atoms with E-state index in [1.54, 1.807) is 14.2 Å². The van der Waals surface area contributed by atoms with Gasteiger partial charge in [0.2, 0.25) is 34.8 Å². The number of unbranched alkanes of at least 4 members (excludes halogenated alkanes) is 3. The van der Waals surface area contributed by atoms with Gasteiger partial charge in [0.25, 0.3) is 11.8 Å². The molecule has 0 bridgehead atoms. The number of alkyl carbamates (subject to hydrolysis) is 1. The Balaban J connectivity index is 0.958. The van der Waals surface area contributed by atoms with Crippen LogP contribution < -0.4 is 19.5 Å². The number of halogens is 5. The number of nitrogens with one attached hydrogen (secondary N) is 1. The summed E-state index contributed by atoms with van der Waals surface area (Å²) in [6.07, 6.45) is 2.00. The highest BCUT2D eigenvalue weighted by Gasteiger charge is 2.39. The van der Waals surface area contributed by atoms with E-state index in [2.05, 4.69) is 10.1 Å². The van der Waals surface area contributed by atoms with Crippen LogP contribution in [0.15, 0.2) is 97.1 Å². The van der Waals surface area contributed by atoms with Crippen LogP contribution in [0, 0.1) is 29.1 Å². The first kappa shape index (κ1) is 43.8. The number of rotatable bonds is 18. The fourth-order valence-corrected chi connectivity index (χ4v) is 6.79. The molecule has 0 spiro atoms. The maximum absolute atomic E-state index is 14.0. The molecule has 0 aliphatic carbocycles. The van der Waals surface area contributed by atoms with Gasteiger partial charge in [0.1, 0.15) is 17.1 Å². The van der Waals surface area contributed by atoms with Crippen LogP contribution in [0.2, 0.25) is 0 Å². The van der Waals surface area contributed by atoms with Crippen LogP contribution in [0.25, 0.3) is 0 Å². The molecule has 16 heteroatoms. The van der Waals surface area contributed by atoms with E-state index in [4.69, 9.17) is 18.9 Å². The number of hydrogen-bond donors (Lipinski definition) is 1. The van der Waals surface area contributed by atoms with E-state index in [0.717, 1.165) is 52.6 Å². The molecule has 6 rings (SSSR count). The van der Waals surface area contributed by atoms with Gasteiger partial charge in [-0.25, -0.2) is 22.8 Å². The topological polar surface area (TPSA) is 130 Å². The number of fused-ring (bicyclic) bond motifs is 1. The van der Waals surface area contributed by atoms with E-state index in [0.29, 0.717) is 30.9 Å². The Morgan fingerprint density at radius 1 is 0.623 bits per heavy atom. The van der Waals surface area contributed by atoms with Gasteiger partial charge in [0, 0.05) is 19.7 Å². The van der Waals surface area contributed by atoms with Crippen molar-refractivity contribution in [3.05, 3.63) is 160 Å². The van der Waals surface area contributed by atoms with Crippen LogP contribution >= 0.6 is 0 Å². The Bertz CT molecular complexity index is 2320. The minimum atomic E-state index is -2.44. The number of carbonyl (C=O) groups is 4. The number of amides is 3. The average Bonchev–Trinajstić information content (AvgIpc) is 3.53. The number of carbonyl (C=O) groups excluding carboxylic acids is 4. The number of benzene rings is 5. The summed E-state index contributed by atoms with van der Waals surface area (Å²) in [6.45, 7) is 0.0663. The molecule has 11 nitrogen and oxygen atoms in total. The molecule has 0 saturated heterocycles. The number of nitrogens with zero attached hydrogens (tertiary/aromatic N) is 1. The minimum Gasteiger partial charge on any atom is -0.497 e. The van der Waals surface area contributed by atoms with Crippen molar-refractivity contribution in [1.82, 2.24) is 10.2 Å². The third kappa shape index (κ3) is 9.34. The summed E-state index contributed by atoms with van der Waals surface area (Å²) in [5, 5.41) is 2.47. The van der Waals surface area contributed by atoms with Gasteiger partial charge >= 0.3 is 12.1 Å². The molecule has 0 unspecified atom stereocenters. The zero-order valence-electron chi connectivity index (χ0n) is 32.9. The largest absolute Gasteiger partial charge is 0.497 e. The summed E-state index contributed by atoms with van der Waals surface area (Å²) in [5.74, 6) is -15.4. The molecule has 0 radical (unpaired) electrons. The van der Waals surface area contributed by atoms with Gasteiger partial charge < -0.3 is 29.0 Å². The Labute approximate surface area is 346 Å². The summed E-state index contributed by atoms with van der Waals surface area (Å²) in [5.41, 5.74) is 0.921. The number of methoxy groups -OCH3 is 2. The van der Waals surface area contributed by atoms with Crippen molar-refractivity contribution in [1.29, 1.82) is 0 Å². The van der Waals surface area contributed by atoms with E-state index in [9.17, 15) is 41.1 Å². The lowest BCUT2D eigenvalue weighted by Crippen LogP contribution is -2.38. The van der Waals surface area contributed by atoms with Crippen LogP contribution in [-0.4, -0.2) is 69.3 Å². The zero-order chi connectivity index (χ0) is 43.7. The lowest BCUT2D eigenvalue weighted by atomic mass is 9.80. The van der Waals surface area contributed by atoms with Gasteiger partial charge in [-0.2, -0.15) is 8.78 Å². The quantitative estimate of drug-likeness (QED) is 0.0135. The van der Waals surface area contributed by atoms with Gasteiger partial charge in [0.15, 0.2) is 0 Å². The van der Waals surface area contributed by atoms with Crippen molar-refractivity contribution in [2.45, 2.75) is 31.3 Å². The molecule has 0 saturated carbocycles. The number of ether oxygens (including phenoxy) is 5. The Kier molecular flexibility index (Phi) is 14.0. The van der Waals surface area contributed by atoms with Crippen molar-refractivity contribution in [2.24, 2.45) is 0 Å². The summed E-state index contributed by atoms with van der Waals surface area (Å²) in [4.78, 5) is 51.6. The predicted octanol–water partition coefficient (Wildman–Crippen LogP) is 8.51. The van der Waals surface area contributed by atoms with Gasteiger partial charge in [-0.05, 0) is 78.4 Å². The van der Waals surface area contributed by atoms with Gasteiger partial charge in [-0.15, -0.1) is 0 Å². The standard InChI is InChI=1S/C45H39F5N2O9/c1-57-31-17-13-29(14-18-31)45(28-10-6-5-7-11-28,30-15-19-32(58-2)20-16-30)60-25-9-4-3-8-24-59-44(56)51-22-23-52-41(53)33-21-12-27(26-34(33)42(52)54)43(55)61-40-38(49)36(47)35(46)37(48)39(40)50/h5-7,10-21,26H,3-4,8-9,22-25H2,1-2H3,(H,51,56). The highest BCUT2D eigenvalue weighted by Crippen LogP contribution is 2.42. The summed E-state index contributed by atoms with van der Waals surface area (Å²) < 4.78 is 95.9. The molecule has 5 aromatic carbocycles. The minimum absolute atomic E-state index is 0.106. The van der Waals surface area contributed by atoms with Crippen molar-refractivity contribution < 1.29 is 64.8 Å². The molecule has 1 aliphatic heterocycles. The number of esters is 1. The predicted molar refractivity (Wildman–Crippen MR) is 209 cm³/mol. The molecule has 0 aromatic heterocycles. The summed E-state index contributed by atoms with van der Waals surface area (Å²) in [6, 6.07) is 28.4. The zero-order valence-corrected chi connectivity index (χ0v) is 32.9. The van der Waals surface area contributed by atoms with E-state index in [1.165, 1.54) is 0 Å². The molecule has 3 amide bonds. The Morgan fingerprint density at radius 3 is 1.72 bits per heavy atom. The second-order valence-electron chi connectivity index (χ2n) is 13.6. The third-order valence-corrected chi connectivity index (χ3v) is 9.94. The van der Waals surface area contributed by atoms with E-state index < -0.39 is 69.9 Å². The first-order valence-electron chi connectivity index (χ1n) is 19.0. The van der Waals surface area contributed by atoms with Gasteiger partial charge in [-0.1, -0.05) is 61.0 Å². The summed E-state index contributed by atoms with van der Waals surface area (Å²) >= 11 is 0. The lowest BCUT2D eigenvalue weighted by molar-refractivity contribution is 0.0104. The SMILES string of the molecule is COc1ccc(C(OCCCCCCOC(=O)NCCN2C(=O)c3ccc(C(=O)Oc4c(F)c(F)c(F)c(F)c4F)cc3C2=O)(c2ccccc2)c2ccc(OC)cc2)cc1. The number of hydrogen-bond acceptors (Lipinski definition) is 9. The molecule has 1 heterocycles. The van der Waals surface area contributed by atoms with E-state index >= 15 is 0 Å². The second kappa shape index (κ2) is 19.5. The normalized spacial score (nSPS) is 12.3. The third-order valence-electron chi connectivity index (χ3n) is 9.94. The van der Waals surface area contributed by atoms with E-state index in [1.807, 2.05) is 78.9 Å². The van der Waals surface area contributed by atoms with Gasteiger partial charge in [0.05, 0.1) is 37.5 Å². The molecule has 318 valence electrons. The molecule has 5 aromatic rings. The molecule has 0 atom stereocenters. The van der Waals surface area contributed by atoms with Crippen molar-refractivity contribution >= 4 is 23.9 Å². The summed E-state index contributed by atoms with van der Waals surface area (Å²) in [7, 11) is 3.22. The van der Waals surface area contributed by atoms with Crippen LogP contribution in [0.4, 0.5) is 26.7 Å². The average molecular weight is 847 g/mol. The first-order chi connectivity index (χ1) is 29.4. The Hall–Kier alpha value is -6.81. The van der Waals surface area contributed by atoms with Crippen molar-refractivity contribution in [3.63, 3.8) is 0 Å². The maximum Gasteiger partial charge on any atom is 0.407 e. The van der Waals surface area contributed by atoms with Crippen LogP contribution in [0.3, 0.4) is 0 Å². The second-order valence-corrected chi connectivity index (χ2v) is 13.6. The number of imide groups is 1. The molecular formula is C45H39F5N2O9. The van der Waals surface area contributed by atoms with Crippen molar-refractivity contribution in [3.8, 4) is 17.2 Å². The van der Waals surface area contributed by atoms with Crippen LogP contribution in [0.5, 0.6) is 17.2 Å². The maximum atomic E-state index is 14.0. The molecule has 1 N–H and O–H groups in total. The first-order valence-corrected chi connectivity index (χ1v) is 19.0. The monoisotopic (exact) mass is 846 g/mol. The fourth-order valence-electron chi connectivity index (χ4n) is 6.79.